The second-order valence-corrected chi connectivity index (χ2v) is 5.20. The van der Waals surface area contributed by atoms with Gasteiger partial charge in [-0.1, -0.05) is 24.4 Å². The molecule has 2 atom stereocenters. The van der Waals surface area contributed by atoms with E-state index in [0.717, 1.165) is 25.7 Å². The van der Waals surface area contributed by atoms with E-state index in [2.05, 4.69) is 0 Å². The Kier molecular flexibility index (Phi) is 3.92. The van der Waals surface area contributed by atoms with Crippen LogP contribution in [-0.2, 0) is 0 Å². The molecule has 0 unspecified atom stereocenters. The van der Waals surface area contributed by atoms with Crippen LogP contribution in [0, 0.1) is 5.92 Å². The van der Waals surface area contributed by atoms with Gasteiger partial charge in [0.05, 0.1) is 12.1 Å². The smallest absolute Gasteiger partial charge is 0.120 e. The second-order valence-electron chi connectivity index (χ2n) is 4.76. The molecule has 1 fully saturated rings. The van der Waals surface area contributed by atoms with Crippen LogP contribution in [0.4, 0.5) is 0 Å². The molecule has 1 aromatic carbocycles. The summed E-state index contributed by atoms with van der Waals surface area (Å²) in [5, 5.41) is 20.5. The minimum Gasteiger partial charge on any atom is -0.508 e. The number of aliphatic hydroxyl groups is 1. The highest BCUT2D eigenvalue weighted by molar-refractivity contribution is 6.30. The largest absolute Gasteiger partial charge is 0.508 e. The average molecular weight is 256 g/mol. The van der Waals surface area contributed by atoms with Gasteiger partial charge in [0.1, 0.15) is 5.75 Å². The Balaban J connectivity index is 2.17. The van der Waals surface area contributed by atoms with Crippen molar-refractivity contribution >= 4 is 11.6 Å². The van der Waals surface area contributed by atoms with Gasteiger partial charge in [0, 0.05) is 10.6 Å². The molecule has 0 aromatic heterocycles. The molecule has 0 aliphatic heterocycles. The molecule has 0 spiro atoms. The normalized spacial score (nSPS) is 20.4. The molecule has 0 radical (unpaired) electrons. The van der Waals surface area contributed by atoms with E-state index in [0.29, 0.717) is 10.6 Å². The fourth-order valence-corrected chi connectivity index (χ4v) is 2.75. The van der Waals surface area contributed by atoms with Gasteiger partial charge in [-0.3, -0.25) is 0 Å². The third-order valence-electron chi connectivity index (χ3n) is 3.60. The standard InChI is InChI=1S/C13H18ClNO2/c14-9-5-6-11(16)10(7-9)12(15)13(17)8-3-1-2-4-8/h5-8,12-13,16-17H,1-4,15H2/t12-,13+/m0/s1. The van der Waals surface area contributed by atoms with Crippen molar-refractivity contribution in [1.82, 2.24) is 0 Å². The maximum Gasteiger partial charge on any atom is 0.120 e. The van der Waals surface area contributed by atoms with Gasteiger partial charge in [0.15, 0.2) is 0 Å². The summed E-state index contributed by atoms with van der Waals surface area (Å²) in [5.74, 6) is 0.335. The number of nitrogens with two attached hydrogens (primary N) is 1. The maximum absolute atomic E-state index is 10.2. The Morgan fingerprint density at radius 1 is 1.29 bits per heavy atom. The van der Waals surface area contributed by atoms with E-state index < -0.39 is 12.1 Å². The van der Waals surface area contributed by atoms with Crippen molar-refractivity contribution in [2.75, 3.05) is 0 Å². The minimum absolute atomic E-state index is 0.0962. The van der Waals surface area contributed by atoms with Gasteiger partial charge in [0.25, 0.3) is 0 Å². The van der Waals surface area contributed by atoms with Crippen LogP contribution in [0.5, 0.6) is 5.75 Å². The summed E-state index contributed by atoms with van der Waals surface area (Å²) >= 11 is 5.88. The topological polar surface area (TPSA) is 66.5 Å². The summed E-state index contributed by atoms with van der Waals surface area (Å²) in [6.45, 7) is 0. The minimum atomic E-state index is -0.609. The summed E-state index contributed by atoms with van der Waals surface area (Å²) in [6, 6.07) is 4.17. The van der Waals surface area contributed by atoms with Gasteiger partial charge in [0.2, 0.25) is 0 Å². The highest BCUT2D eigenvalue weighted by Gasteiger charge is 2.29. The molecule has 4 N–H and O–H groups in total. The summed E-state index contributed by atoms with van der Waals surface area (Å²) in [5.41, 5.74) is 6.54. The van der Waals surface area contributed by atoms with Crippen LogP contribution >= 0.6 is 11.6 Å². The van der Waals surface area contributed by atoms with E-state index >= 15 is 0 Å². The van der Waals surface area contributed by atoms with E-state index in [1.807, 2.05) is 0 Å². The number of phenolic OH excluding ortho intramolecular Hbond substituents is 1. The summed E-state index contributed by atoms with van der Waals surface area (Å²) in [4.78, 5) is 0. The van der Waals surface area contributed by atoms with E-state index in [1.54, 1.807) is 12.1 Å². The number of benzene rings is 1. The number of phenols is 1. The number of hydrogen-bond donors (Lipinski definition) is 3. The lowest BCUT2D eigenvalue weighted by Gasteiger charge is -2.25. The van der Waals surface area contributed by atoms with Gasteiger partial charge in [-0.25, -0.2) is 0 Å². The van der Waals surface area contributed by atoms with Gasteiger partial charge >= 0.3 is 0 Å². The molecular formula is C13H18ClNO2. The lowest BCUT2D eigenvalue weighted by Crippen LogP contribution is -2.32. The Morgan fingerprint density at radius 2 is 1.94 bits per heavy atom. The van der Waals surface area contributed by atoms with Gasteiger partial charge in [-0.2, -0.15) is 0 Å². The average Bonchev–Trinajstić information content (AvgIpc) is 2.84. The zero-order valence-corrected chi connectivity index (χ0v) is 10.4. The molecule has 0 amide bonds. The second kappa shape index (κ2) is 5.25. The monoisotopic (exact) mass is 255 g/mol. The van der Waals surface area contributed by atoms with Crippen LogP contribution < -0.4 is 5.73 Å². The summed E-state index contributed by atoms with van der Waals surface area (Å²) in [7, 11) is 0. The van der Waals surface area contributed by atoms with Crippen molar-refractivity contribution < 1.29 is 10.2 Å². The number of aromatic hydroxyl groups is 1. The van der Waals surface area contributed by atoms with Crippen molar-refractivity contribution in [3.8, 4) is 5.75 Å². The highest BCUT2D eigenvalue weighted by atomic mass is 35.5. The summed E-state index contributed by atoms with van der Waals surface area (Å²) < 4.78 is 0. The molecule has 1 saturated carbocycles. The molecule has 1 aromatic rings. The molecule has 0 heterocycles. The molecule has 2 rings (SSSR count). The molecule has 94 valence electrons. The fraction of sp³-hybridized carbons (Fsp3) is 0.538. The summed E-state index contributed by atoms with van der Waals surface area (Å²) in [6.07, 6.45) is 3.71. The molecule has 4 heteroatoms. The SMILES string of the molecule is N[C@@H](c1cc(Cl)ccc1O)[C@H](O)C1CCCC1. The van der Waals surface area contributed by atoms with Crippen molar-refractivity contribution in [1.29, 1.82) is 0 Å². The first-order chi connectivity index (χ1) is 8.09. The van der Waals surface area contributed by atoms with Crippen LogP contribution in [0.2, 0.25) is 5.02 Å². The maximum atomic E-state index is 10.2. The van der Waals surface area contributed by atoms with Crippen molar-refractivity contribution in [3.05, 3.63) is 28.8 Å². The Morgan fingerprint density at radius 3 is 2.59 bits per heavy atom. The molecular weight excluding hydrogens is 238 g/mol. The third-order valence-corrected chi connectivity index (χ3v) is 3.83. The number of rotatable bonds is 3. The van der Waals surface area contributed by atoms with E-state index in [4.69, 9.17) is 17.3 Å². The lowest BCUT2D eigenvalue weighted by molar-refractivity contribution is 0.0836. The lowest BCUT2D eigenvalue weighted by atomic mass is 9.90. The zero-order valence-electron chi connectivity index (χ0n) is 9.64. The van der Waals surface area contributed by atoms with Gasteiger partial charge < -0.3 is 15.9 Å². The van der Waals surface area contributed by atoms with Gasteiger partial charge in [-0.05, 0) is 37.0 Å². The number of hydrogen-bond acceptors (Lipinski definition) is 3. The molecule has 0 saturated heterocycles. The van der Waals surface area contributed by atoms with Crippen LogP contribution in [-0.4, -0.2) is 16.3 Å². The Bertz CT molecular complexity index is 391. The Hall–Kier alpha value is -0.770. The zero-order chi connectivity index (χ0) is 12.4. The van der Waals surface area contributed by atoms with Gasteiger partial charge in [-0.15, -0.1) is 0 Å². The number of aliphatic hydroxyl groups excluding tert-OH is 1. The highest BCUT2D eigenvalue weighted by Crippen LogP contribution is 2.35. The van der Waals surface area contributed by atoms with Crippen molar-refractivity contribution in [2.45, 2.75) is 37.8 Å². The molecule has 1 aliphatic carbocycles. The van der Waals surface area contributed by atoms with Crippen molar-refractivity contribution in [2.24, 2.45) is 11.7 Å². The molecule has 1 aliphatic rings. The molecule has 17 heavy (non-hydrogen) atoms. The van der Waals surface area contributed by atoms with Crippen LogP contribution in [0.3, 0.4) is 0 Å². The van der Waals surface area contributed by atoms with Crippen LogP contribution in [0.15, 0.2) is 18.2 Å². The Labute approximate surface area is 106 Å². The third kappa shape index (κ3) is 2.73. The first kappa shape index (κ1) is 12.7. The van der Waals surface area contributed by atoms with Crippen LogP contribution in [0.1, 0.15) is 37.3 Å². The van der Waals surface area contributed by atoms with Crippen molar-refractivity contribution in [3.63, 3.8) is 0 Å². The molecule has 3 nitrogen and oxygen atoms in total. The van der Waals surface area contributed by atoms with E-state index in [9.17, 15) is 10.2 Å². The van der Waals surface area contributed by atoms with Crippen LogP contribution in [0.25, 0.3) is 0 Å². The molecule has 0 bridgehead atoms. The number of halogens is 1. The predicted octanol–water partition coefficient (Wildman–Crippen LogP) is 2.60. The quantitative estimate of drug-likeness (QED) is 0.778. The van der Waals surface area contributed by atoms with E-state index in [-0.39, 0.29) is 11.7 Å². The first-order valence-corrected chi connectivity index (χ1v) is 6.39. The fourth-order valence-electron chi connectivity index (χ4n) is 2.57. The van der Waals surface area contributed by atoms with E-state index in [1.165, 1.54) is 6.07 Å². The first-order valence-electron chi connectivity index (χ1n) is 6.01. The predicted molar refractivity (Wildman–Crippen MR) is 68.0 cm³/mol.